The lowest BCUT2D eigenvalue weighted by molar-refractivity contribution is -0.0662. The van der Waals surface area contributed by atoms with Crippen molar-refractivity contribution in [3.05, 3.63) is 72.3 Å². The molecule has 10 atom stereocenters. The number of benzene rings is 2. The van der Waals surface area contributed by atoms with Crippen LogP contribution in [0, 0.1) is 22.7 Å². The molecule has 3 N–H and O–H groups in total. The van der Waals surface area contributed by atoms with E-state index in [2.05, 4.69) is 30.6 Å². The molecule has 5 aromatic rings. The van der Waals surface area contributed by atoms with Gasteiger partial charge in [-0.05, 0) is 42.4 Å². The first-order valence-corrected chi connectivity index (χ1v) is 27.8. The van der Waals surface area contributed by atoms with Gasteiger partial charge in [-0.25, -0.2) is 37.9 Å². The van der Waals surface area contributed by atoms with E-state index in [0.29, 0.717) is 5.56 Å². The van der Waals surface area contributed by atoms with Gasteiger partial charge in [0.2, 0.25) is 0 Å². The summed E-state index contributed by atoms with van der Waals surface area (Å²) in [6.07, 6.45) is -11.7. The number of aliphatic hydroxyl groups excluding tert-OH is 1. The van der Waals surface area contributed by atoms with Gasteiger partial charge in [-0.3, -0.25) is 32.0 Å². The lowest BCUT2D eigenvalue weighted by Gasteiger charge is -2.40. The standard InChI is InChI=1S/C42H51FN10O15P2Si/c1-42(2,3)71(5,6)68-34-28(21-54)64-40(53-27-16-10-15-26(41(56)60-4)31(27)50-51-53)35(34)67-70(59,62-20-12-18-45)63-22-29-33(66-69(57,58)61-19-11-17-44)30(43)39(65-29)52-24-48-32-36(46-23-47-37(32)52)49-38(55)25-13-8-7-9-14-25/h7-10,13-16,23-24,28-30,33-35,39-40,54H,11-12,19-22H2,1-6H3,(H,57,58)(H,46,47,49,55)/t28?,29-,30-,33-,34?,35-,39-,40-,70?/m1/s1. The first kappa shape index (κ1) is 53.3. The highest BCUT2D eigenvalue weighted by Crippen LogP contribution is 2.56. The number of rotatable bonds is 21. The molecule has 2 aliphatic rings. The van der Waals surface area contributed by atoms with Crippen molar-refractivity contribution in [3.63, 3.8) is 0 Å². The van der Waals surface area contributed by atoms with Crippen molar-refractivity contribution in [1.82, 2.24) is 34.5 Å². The number of carbonyl (C=O) groups excluding carboxylic acids is 2. The highest BCUT2D eigenvalue weighted by molar-refractivity contribution is 7.48. The Morgan fingerprint density at radius 1 is 0.901 bits per heavy atom. The van der Waals surface area contributed by atoms with Gasteiger partial charge >= 0.3 is 21.6 Å². The van der Waals surface area contributed by atoms with E-state index in [9.17, 15) is 29.4 Å². The number of aromatic nitrogens is 7. The summed E-state index contributed by atoms with van der Waals surface area (Å²) in [6, 6.07) is 16.4. The van der Waals surface area contributed by atoms with Crippen LogP contribution >= 0.6 is 15.6 Å². The molecule has 0 aliphatic carbocycles. The second-order valence-electron chi connectivity index (χ2n) is 17.5. The van der Waals surface area contributed by atoms with E-state index >= 15 is 8.96 Å². The van der Waals surface area contributed by atoms with E-state index in [-0.39, 0.29) is 46.4 Å². The molecular weight excluding hydrogens is 994 g/mol. The van der Waals surface area contributed by atoms with Crippen molar-refractivity contribution in [3.8, 4) is 12.1 Å². The summed E-state index contributed by atoms with van der Waals surface area (Å²) in [4.78, 5) is 49.1. The molecule has 3 aromatic heterocycles. The van der Waals surface area contributed by atoms with Crippen LogP contribution in [0.25, 0.3) is 22.2 Å². The normalized spacial score (nSPS) is 24.3. The molecule has 2 saturated heterocycles. The minimum absolute atomic E-state index is 0.00637. The van der Waals surface area contributed by atoms with Crippen molar-refractivity contribution in [1.29, 1.82) is 10.5 Å². The van der Waals surface area contributed by atoms with Crippen LogP contribution in [0.4, 0.5) is 10.2 Å². The van der Waals surface area contributed by atoms with Crippen molar-refractivity contribution < 1.29 is 74.4 Å². The van der Waals surface area contributed by atoms with Crippen molar-refractivity contribution in [2.45, 2.75) is 101 Å². The lowest BCUT2D eigenvalue weighted by Crippen LogP contribution is -2.50. The number of amides is 1. The summed E-state index contributed by atoms with van der Waals surface area (Å²) in [5.74, 6) is -1.29. The molecule has 2 fully saturated rings. The third-order valence-electron chi connectivity index (χ3n) is 11.9. The number of ether oxygens (including phenoxy) is 3. The first-order valence-electron chi connectivity index (χ1n) is 21.9. The number of phosphoric ester groups is 2. The molecule has 29 heteroatoms. The third kappa shape index (κ3) is 11.7. The predicted octanol–water partition coefficient (Wildman–Crippen LogP) is 5.68. The van der Waals surface area contributed by atoms with Crippen LogP contribution in [0.1, 0.15) is 66.8 Å². The van der Waals surface area contributed by atoms with Gasteiger partial charge in [0.1, 0.15) is 42.4 Å². The molecule has 0 radical (unpaired) electrons. The molecule has 1 amide bonds. The molecule has 25 nitrogen and oxygen atoms in total. The second kappa shape index (κ2) is 22.1. The number of hydrogen-bond acceptors (Lipinski definition) is 21. The molecule has 7 rings (SSSR count). The molecule has 380 valence electrons. The Labute approximate surface area is 406 Å². The highest BCUT2D eigenvalue weighted by Gasteiger charge is 2.56. The maximum atomic E-state index is 17.0. The highest BCUT2D eigenvalue weighted by atomic mass is 31.2. The Hall–Kier alpha value is -5.48. The van der Waals surface area contributed by atoms with E-state index in [0.717, 1.165) is 17.2 Å². The number of alkyl halides is 1. The van der Waals surface area contributed by atoms with E-state index in [1.807, 2.05) is 39.9 Å². The number of carbonyl (C=O) groups is 2. The summed E-state index contributed by atoms with van der Waals surface area (Å²) >= 11 is 0. The number of nitrogens with zero attached hydrogens (tertiary/aromatic N) is 9. The number of nitrogens with one attached hydrogen (secondary N) is 1. The summed E-state index contributed by atoms with van der Waals surface area (Å²) in [5.41, 5.74) is 0.637. The van der Waals surface area contributed by atoms with Crippen LogP contribution in [-0.2, 0) is 50.4 Å². The van der Waals surface area contributed by atoms with Crippen molar-refractivity contribution in [2.24, 2.45) is 0 Å². The fourth-order valence-electron chi connectivity index (χ4n) is 7.33. The van der Waals surface area contributed by atoms with Gasteiger partial charge in [0.05, 0.1) is 75.9 Å². The van der Waals surface area contributed by atoms with E-state index in [1.54, 1.807) is 48.5 Å². The van der Waals surface area contributed by atoms with Gasteiger partial charge in [0.25, 0.3) is 5.91 Å². The summed E-state index contributed by atoms with van der Waals surface area (Å²) in [5, 5.41) is 39.9. The molecular formula is C42H51FN10O15P2Si. The average molecular weight is 1040 g/mol. The van der Waals surface area contributed by atoms with Crippen LogP contribution in [0.2, 0.25) is 18.1 Å². The summed E-state index contributed by atoms with van der Waals surface area (Å²) < 4.78 is 100. The van der Waals surface area contributed by atoms with E-state index in [4.69, 9.17) is 46.5 Å². The number of halogens is 1. The fraction of sp³-hybridized carbons (Fsp3) is 0.500. The monoisotopic (exact) mass is 1040 g/mol. The predicted molar refractivity (Wildman–Crippen MR) is 246 cm³/mol. The second-order valence-corrected chi connectivity index (χ2v) is 25.3. The van der Waals surface area contributed by atoms with E-state index in [1.165, 1.54) is 17.9 Å². The maximum absolute atomic E-state index is 17.0. The molecule has 0 bridgehead atoms. The third-order valence-corrected chi connectivity index (χ3v) is 18.8. The number of nitriles is 2. The molecule has 4 unspecified atom stereocenters. The van der Waals surface area contributed by atoms with Crippen LogP contribution in [0.5, 0.6) is 0 Å². The Kier molecular flexibility index (Phi) is 16.6. The Morgan fingerprint density at radius 2 is 1.61 bits per heavy atom. The van der Waals surface area contributed by atoms with Gasteiger partial charge in [-0.1, -0.05) is 50.3 Å². The summed E-state index contributed by atoms with van der Waals surface area (Å²) in [6.45, 7) is 7.00. The molecule has 2 aromatic carbocycles. The Bertz CT molecular complexity index is 2900. The SMILES string of the molecule is COC(=O)c1cccc2c1nnn2[C@@H]1OC(CO)C(O[Si](C)(C)C(C)(C)C)[C@H]1OP(=O)(OCCC#N)OC[C@H]1O[C@@H](n2cnc3c(NC(=O)c4ccccc4)ncnc32)[C@H](F)[C@@H]1OP(=O)(O)OCCC#N. The van der Waals surface area contributed by atoms with Gasteiger partial charge in [0, 0.05) is 5.56 Å². The molecule has 5 heterocycles. The van der Waals surface area contributed by atoms with Crippen LogP contribution in [0.3, 0.4) is 0 Å². The summed E-state index contributed by atoms with van der Waals surface area (Å²) in [7, 11) is -11.9. The smallest absolute Gasteiger partial charge is 0.465 e. The number of phosphoric acid groups is 2. The zero-order valence-electron chi connectivity index (χ0n) is 39.1. The zero-order valence-corrected chi connectivity index (χ0v) is 41.9. The van der Waals surface area contributed by atoms with Crippen LogP contribution in [0.15, 0.2) is 61.2 Å². The Balaban J connectivity index is 1.24. The number of imidazole rings is 1. The number of hydrogen-bond donors (Lipinski definition) is 3. The van der Waals surface area contributed by atoms with Gasteiger partial charge in [0.15, 0.2) is 43.9 Å². The van der Waals surface area contributed by atoms with Crippen molar-refractivity contribution in [2.75, 3.05) is 38.9 Å². The minimum atomic E-state index is -5.17. The molecule has 71 heavy (non-hydrogen) atoms. The first-order chi connectivity index (χ1) is 33.7. The number of aliphatic hydroxyl groups is 1. The van der Waals surface area contributed by atoms with E-state index < -0.39 is 116 Å². The van der Waals surface area contributed by atoms with Crippen LogP contribution < -0.4 is 5.32 Å². The lowest BCUT2D eigenvalue weighted by atomic mass is 10.1. The zero-order chi connectivity index (χ0) is 51.3. The fourth-order valence-corrected chi connectivity index (χ4v) is 11.0. The number of methoxy groups -OCH3 is 1. The molecule has 0 saturated carbocycles. The largest absolute Gasteiger partial charge is 0.475 e. The van der Waals surface area contributed by atoms with Crippen LogP contribution in [-0.4, -0.2) is 135 Å². The van der Waals surface area contributed by atoms with Gasteiger partial charge in [-0.15, -0.1) is 5.10 Å². The quantitative estimate of drug-likeness (QED) is 0.0344. The number of fused-ring (bicyclic) bond motifs is 2. The number of anilines is 1. The molecule has 0 spiro atoms. The van der Waals surface area contributed by atoms with Crippen molar-refractivity contribution >= 4 is 63.9 Å². The van der Waals surface area contributed by atoms with Gasteiger partial charge in [-0.2, -0.15) is 10.5 Å². The maximum Gasteiger partial charge on any atom is 0.475 e. The Morgan fingerprint density at radius 3 is 2.28 bits per heavy atom. The topological polar surface area (TPSA) is 326 Å². The minimum Gasteiger partial charge on any atom is -0.465 e. The van der Waals surface area contributed by atoms with Gasteiger partial charge < -0.3 is 34.0 Å². The molecule has 2 aliphatic heterocycles. The average Bonchev–Trinajstić information content (AvgIpc) is 4.12. The number of esters is 1.